The van der Waals surface area contributed by atoms with Crippen LogP contribution in [-0.2, 0) is 22.6 Å². The van der Waals surface area contributed by atoms with E-state index < -0.39 is 0 Å². The van der Waals surface area contributed by atoms with E-state index in [1.54, 1.807) is 0 Å². The molecule has 0 aliphatic carbocycles. The summed E-state index contributed by atoms with van der Waals surface area (Å²) in [5.74, 6) is 0.860. The number of halogens is 1. The number of carbonyl (C=O) groups excluding carboxylic acids is 1. The molecule has 2 aliphatic rings. The number of benzene rings is 1. The number of nitrogens with one attached hydrogen (secondary N) is 1. The number of hydrogen-bond acceptors (Lipinski definition) is 5. The van der Waals surface area contributed by atoms with Crippen LogP contribution in [0, 0.1) is 5.92 Å². The lowest BCUT2D eigenvalue weighted by atomic mass is 9.97. The van der Waals surface area contributed by atoms with Crippen molar-refractivity contribution in [3.8, 4) is 0 Å². The van der Waals surface area contributed by atoms with Gasteiger partial charge in [-0.2, -0.15) is 0 Å². The first-order chi connectivity index (χ1) is 15.1. The molecule has 1 aromatic carbocycles. The summed E-state index contributed by atoms with van der Waals surface area (Å²) in [6, 6.07) is 8.90. The van der Waals surface area contributed by atoms with Gasteiger partial charge in [-0.3, -0.25) is 9.69 Å². The van der Waals surface area contributed by atoms with Gasteiger partial charge in [-0.1, -0.05) is 24.3 Å². The van der Waals surface area contributed by atoms with Crippen LogP contribution in [-0.4, -0.2) is 86.6 Å². The molecule has 0 amide bonds. The Balaban J connectivity index is 0.00000363. The fourth-order valence-corrected chi connectivity index (χ4v) is 4.35. The largest absolute Gasteiger partial charge is 0.469 e. The van der Waals surface area contributed by atoms with Crippen LogP contribution in [0.25, 0.3) is 0 Å². The molecule has 0 radical (unpaired) electrons. The zero-order valence-corrected chi connectivity index (χ0v) is 22.2. The van der Waals surface area contributed by atoms with Crippen LogP contribution in [0.4, 0.5) is 0 Å². The number of rotatable bonds is 6. The maximum Gasteiger partial charge on any atom is 0.308 e. The molecule has 2 saturated heterocycles. The molecule has 0 aromatic heterocycles. The van der Waals surface area contributed by atoms with Crippen LogP contribution in [0.15, 0.2) is 29.3 Å². The summed E-state index contributed by atoms with van der Waals surface area (Å²) in [7, 11) is 3.68. The van der Waals surface area contributed by atoms with Gasteiger partial charge in [-0.25, -0.2) is 4.99 Å². The molecule has 0 atom stereocenters. The summed E-state index contributed by atoms with van der Waals surface area (Å²) < 4.78 is 4.90. The summed E-state index contributed by atoms with van der Waals surface area (Å²) in [6.45, 7) is 10.9. The van der Waals surface area contributed by atoms with Crippen LogP contribution in [0.3, 0.4) is 0 Å². The smallest absolute Gasteiger partial charge is 0.308 e. The van der Waals surface area contributed by atoms with Crippen LogP contribution >= 0.6 is 24.0 Å². The number of nitrogens with zero attached hydrogens (tertiary/aromatic N) is 4. The number of piperidine rings is 1. The quantitative estimate of drug-likeness (QED) is 0.251. The number of methoxy groups -OCH3 is 1. The second-order valence-corrected chi connectivity index (χ2v) is 8.70. The molecule has 0 unspecified atom stereocenters. The Morgan fingerprint density at radius 3 is 2.41 bits per heavy atom. The highest BCUT2D eigenvalue weighted by atomic mass is 127. The average Bonchev–Trinajstić information content (AvgIpc) is 3.01. The van der Waals surface area contributed by atoms with E-state index >= 15 is 0 Å². The number of likely N-dealkylation sites (N-methyl/N-ethyl adjacent to an activating group) is 1. The fourth-order valence-electron chi connectivity index (χ4n) is 4.35. The summed E-state index contributed by atoms with van der Waals surface area (Å²) >= 11 is 0. The molecule has 32 heavy (non-hydrogen) atoms. The first-order valence-corrected chi connectivity index (χ1v) is 11.7. The lowest BCUT2D eigenvalue weighted by molar-refractivity contribution is -0.146. The number of hydrogen-bond donors (Lipinski definition) is 1. The van der Waals surface area contributed by atoms with Crippen molar-refractivity contribution < 1.29 is 9.53 Å². The number of guanidine groups is 1. The predicted molar refractivity (Wildman–Crippen MR) is 140 cm³/mol. The van der Waals surface area contributed by atoms with Gasteiger partial charge in [0.25, 0.3) is 0 Å². The molecule has 0 saturated carbocycles. The van der Waals surface area contributed by atoms with Gasteiger partial charge in [0.1, 0.15) is 0 Å². The Labute approximate surface area is 210 Å². The lowest BCUT2D eigenvalue weighted by Gasteiger charge is -2.33. The molecule has 180 valence electrons. The summed E-state index contributed by atoms with van der Waals surface area (Å²) in [5, 5.41) is 3.40. The van der Waals surface area contributed by atoms with E-state index in [9.17, 15) is 4.79 Å². The van der Waals surface area contributed by atoms with Crippen molar-refractivity contribution in [2.45, 2.75) is 39.3 Å². The average molecular weight is 558 g/mol. The highest BCUT2D eigenvalue weighted by molar-refractivity contribution is 14.0. The second kappa shape index (κ2) is 14.0. The lowest BCUT2D eigenvalue weighted by Crippen LogP contribution is -2.46. The van der Waals surface area contributed by atoms with Gasteiger partial charge in [0.15, 0.2) is 5.96 Å². The normalized spacial score (nSPS) is 19.2. The van der Waals surface area contributed by atoms with Gasteiger partial charge in [-0.05, 0) is 57.5 Å². The summed E-state index contributed by atoms with van der Waals surface area (Å²) in [4.78, 5) is 23.9. The number of carbonyl (C=O) groups is 1. The maximum atomic E-state index is 11.8. The van der Waals surface area contributed by atoms with E-state index in [4.69, 9.17) is 9.73 Å². The van der Waals surface area contributed by atoms with Crippen molar-refractivity contribution >= 4 is 35.9 Å². The van der Waals surface area contributed by atoms with Crippen molar-refractivity contribution in [3.05, 3.63) is 35.4 Å². The van der Waals surface area contributed by atoms with Crippen molar-refractivity contribution in [3.63, 3.8) is 0 Å². The molecule has 1 aromatic rings. The van der Waals surface area contributed by atoms with E-state index in [0.29, 0.717) is 6.54 Å². The van der Waals surface area contributed by atoms with Crippen LogP contribution in [0.2, 0.25) is 0 Å². The molecule has 2 fully saturated rings. The fraction of sp³-hybridized carbons (Fsp3) is 0.667. The number of likely N-dealkylation sites (tertiary alicyclic amines) is 1. The van der Waals surface area contributed by atoms with Crippen LogP contribution < -0.4 is 5.32 Å². The molecule has 0 bridgehead atoms. The molecular formula is C24H40IN5O2. The molecule has 0 spiro atoms. The minimum absolute atomic E-state index is 0. The Hall–Kier alpha value is -1.39. The van der Waals surface area contributed by atoms with Gasteiger partial charge in [0.2, 0.25) is 0 Å². The molecule has 7 nitrogen and oxygen atoms in total. The van der Waals surface area contributed by atoms with Gasteiger partial charge >= 0.3 is 5.97 Å². The third-order valence-electron chi connectivity index (χ3n) is 6.32. The zero-order valence-electron chi connectivity index (χ0n) is 19.9. The summed E-state index contributed by atoms with van der Waals surface area (Å²) in [6.07, 6.45) is 2.88. The van der Waals surface area contributed by atoms with E-state index in [0.717, 1.165) is 58.1 Å². The van der Waals surface area contributed by atoms with E-state index in [1.165, 1.54) is 37.7 Å². The molecule has 1 N–H and O–H groups in total. The predicted octanol–water partition coefficient (Wildman–Crippen LogP) is 2.79. The van der Waals surface area contributed by atoms with Gasteiger partial charge in [0.05, 0.1) is 19.6 Å². The Kier molecular flexibility index (Phi) is 11.7. The molecule has 8 heteroatoms. The SMILES string of the molecule is CCNC(=NCc1ccc(CN2CCCN(C)CC2)cc1)N1CCC(C(=O)OC)CC1.I. The van der Waals surface area contributed by atoms with E-state index in [2.05, 4.69) is 58.3 Å². The topological polar surface area (TPSA) is 60.4 Å². The minimum atomic E-state index is -0.0890. The van der Waals surface area contributed by atoms with Crippen LogP contribution in [0.1, 0.15) is 37.3 Å². The van der Waals surface area contributed by atoms with Crippen LogP contribution in [0.5, 0.6) is 0 Å². The highest BCUT2D eigenvalue weighted by Crippen LogP contribution is 2.19. The second-order valence-electron chi connectivity index (χ2n) is 8.70. The summed E-state index contributed by atoms with van der Waals surface area (Å²) in [5.41, 5.74) is 2.59. The van der Waals surface area contributed by atoms with Gasteiger partial charge < -0.3 is 19.9 Å². The van der Waals surface area contributed by atoms with E-state index in [1.807, 2.05) is 0 Å². The highest BCUT2D eigenvalue weighted by Gasteiger charge is 2.26. The first-order valence-electron chi connectivity index (χ1n) is 11.7. The van der Waals surface area contributed by atoms with Crippen molar-refractivity contribution in [1.29, 1.82) is 0 Å². The number of ether oxygens (including phenoxy) is 1. The zero-order chi connectivity index (χ0) is 22.1. The molecule has 2 heterocycles. The monoisotopic (exact) mass is 557 g/mol. The number of esters is 1. The molecule has 2 aliphatic heterocycles. The molecular weight excluding hydrogens is 517 g/mol. The third kappa shape index (κ3) is 8.19. The third-order valence-corrected chi connectivity index (χ3v) is 6.32. The molecule has 3 rings (SSSR count). The number of aliphatic imine (C=N–C) groups is 1. The Morgan fingerprint density at radius 2 is 1.75 bits per heavy atom. The maximum absolute atomic E-state index is 11.8. The van der Waals surface area contributed by atoms with Crippen molar-refractivity contribution in [2.24, 2.45) is 10.9 Å². The van der Waals surface area contributed by atoms with Crippen molar-refractivity contribution in [2.75, 3.05) is 60.0 Å². The first kappa shape index (κ1) is 26.9. The van der Waals surface area contributed by atoms with Gasteiger partial charge in [-0.15, -0.1) is 24.0 Å². The van der Waals surface area contributed by atoms with Crippen molar-refractivity contribution in [1.82, 2.24) is 20.0 Å². The van der Waals surface area contributed by atoms with E-state index in [-0.39, 0.29) is 35.9 Å². The Bertz CT molecular complexity index is 720. The standard InChI is InChI=1S/C24H39N5O2.HI/c1-4-25-24(29-14-10-22(11-15-29)23(30)31-3)26-18-20-6-8-21(9-7-20)19-28-13-5-12-27(2)16-17-28;/h6-9,22H,4-5,10-19H2,1-3H3,(H,25,26);1H. The van der Waals surface area contributed by atoms with Gasteiger partial charge in [0, 0.05) is 39.3 Å². The minimum Gasteiger partial charge on any atom is -0.469 e. The Morgan fingerprint density at radius 1 is 1.06 bits per heavy atom.